The number of aromatic nitrogens is 4. The normalized spacial score (nSPS) is 15.0. The molecule has 7 heteroatoms. The van der Waals surface area contributed by atoms with Gasteiger partial charge in [-0.1, -0.05) is 0 Å². The smallest absolute Gasteiger partial charge is 0.227 e. The molecule has 0 atom stereocenters. The molecule has 0 spiro atoms. The SMILES string of the molecule is CN1CCN(c2ccc(Nc3nccc(-c4cccnc4)n3)cn2)CC1. The van der Waals surface area contributed by atoms with Crippen molar-refractivity contribution in [3.63, 3.8) is 0 Å². The largest absolute Gasteiger partial charge is 0.354 e. The zero-order valence-corrected chi connectivity index (χ0v) is 14.7. The van der Waals surface area contributed by atoms with Crippen molar-refractivity contribution >= 4 is 17.5 Å². The van der Waals surface area contributed by atoms with Gasteiger partial charge in [-0.2, -0.15) is 0 Å². The standard InChI is InChI=1S/C19H21N7/c1-25-9-11-26(12-10-25)18-5-4-16(14-22-18)23-19-21-8-6-17(24-19)15-3-2-7-20-13-15/h2-8,13-14H,9-12H2,1H3,(H,21,23,24). The highest BCUT2D eigenvalue weighted by Crippen LogP contribution is 2.20. The minimum Gasteiger partial charge on any atom is -0.354 e. The predicted octanol–water partition coefficient (Wildman–Crippen LogP) is 2.43. The highest BCUT2D eigenvalue weighted by atomic mass is 15.3. The van der Waals surface area contributed by atoms with Gasteiger partial charge in [0, 0.05) is 50.3 Å². The van der Waals surface area contributed by atoms with Gasteiger partial charge in [0.2, 0.25) is 5.95 Å². The van der Waals surface area contributed by atoms with Gasteiger partial charge in [0.05, 0.1) is 17.6 Å². The maximum atomic E-state index is 4.58. The molecular formula is C19H21N7. The maximum absolute atomic E-state index is 4.58. The van der Waals surface area contributed by atoms with Crippen molar-refractivity contribution in [1.29, 1.82) is 0 Å². The number of rotatable bonds is 4. The van der Waals surface area contributed by atoms with Crippen molar-refractivity contribution in [2.45, 2.75) is 0 Å². The van der Waals surface area contributed by atoms with E-state index in [0.717, 1.165) is 48.9 Å². The minimum atomic E-state index is 0.542. The second-order valence-corrected chi connectivity index (χ2v) is 6.33. The number of hydrogen-bond acceptors (Lipinski definition) is 7. The van der Waals surface area contributed by atoms with Gasteiger partial charge in [-0.05, 0) is 37.4 Å². The first-order valence-electron chi connectivity index (χ1n) is 8.68. The summed E-state index contributed by atoms with van der Waals surface area (Å²) in [5.74, 6) is 1.55. The quantitative estimate of drug-likeness (QED) is 0.777. The van der Waals surface area contributed by atoms with Gasteiger partial charge < -0.3 is 15.1 Å². The van der Waals surface area contributed by atoms with E-state index in [1.165, 1.54) is 0 Å². The van der Waals surface area contributed by atoms with E-state index in [-0.39, 0.29) is 0 Å². The molecule has 3 aromatic heterocycles. The molecular weight excluding hydrogens is 326 g/mol. The number of pyridine rings is 2. The summed E-state index contributed by atoms with van der Waals surface area (Å²) in [6, 6.07) is 9.80. The van der Waals surface area contributed by atoms with Crippen LogP contribution in [-0.4, -0.2) is 58.1 Å². The van der Waals surface area contributed by atoms with E-state index in [0.29, 0.717) is 5.95 Å². The zero-order valence-electron chi connectivity index (χ0n) is 14.7. The molecule has 1 fully saturated rings. The molecule has 1 saturated heterocycles. The Morgan fingerprint density at radius 1 is 0.923 bits per heavy atom. The molecule has 1 aliphatic rings. The summed E-state index contributed by atoms with van der Waals surface area (Å²) < 4.78 is 0. The predicted molar refractivity (Wildman–Crippen MR) is 102 cm³/mol. The molecule has 0 saturated carbocycles. The maximum Gasteiger partial charge on any atom is 0.227 e. The summed E-state index contributed by atoms with van der Waals surface area (Å²) in [6.07, 6.45) is 7.10. The molecule has 4 rings (SSSR count). The lowest BCUT2D eigenvalue weighted by Gasteiger charge is -2.33. The van der Waals surface area contributed by atoms with Crippen LogP contribution in [0.2, 0.25) is 0 Å². The van der Waals surface area contributed by atoms with Crippen molar-refractivity contribution in [3.8, 4) is 11.3 Å². The van der Waals surface area contributed by atoms with E-state index >= 15 is 0 Å². The van der Waals surface area contributed by atoms with E-state index in [4.69, 9.17) is 0 Å². The lowest BCUT2D eigenvalue weighted by Crippen LogP contribution is -2.44. The molecule has 0 aliphatic carbocycles. The number of anilines is 3. The molecule has 3 aromatic rings. The van der Waals surface area contributed by atoms with Gasteiger partial charge in [-0.15, -0.1) is 0 Å². The fraction of sp³-hybridized carbons (Fsp3) is 0.263. The highest BCUT2D eigenvalue weighted by molar-refractivity contribution is 5.61. The first-order chi connectivity index (χ1) is 12.8. The topological polar surface area (TPSA) is 70.1 Å². The van der Waals surface area contributed by atoms with Crippen molar-refractivity contribution in [2.24, 2.45) is 0 Å². The van der Waals surface area contributed by atoms with E-state index in [1.807, 2.05) is 36.5 Å². The van der Waals surface area contributed by atoms with Gasteiger partial charge in [0.15, 0.2) is 0 Å². The average Bonchev–Trinajstić information content (AvgIpc) is 2.70. The molecule has 0 unspecified atom stereocenters. The van der Waals surface area contributed by atoms with Crippen LogP contribution in [0.15, 0.2) is 55.1 Å². The van der Waals surface area contributed by atoms with Crippen molar-refractivity contribution in [1.82, 2.24) is 24.8 Å². The Labute approximate surface area is 152 Å². The van der Waals surface area contributed by atoms with Crippen LogP contribution in [0.25, 0.3) is 11.3 Å². The Morgan fingerprint density at radius 3 is 2.54 bits per heavy atom. The summed E-state index contributed by atoms with van der Waals surface area (Å²) in [6.45, 7) is 4.15. The number of hydrogen-bond donors (Lipinski definition) is 1. The third-order valence-electron chi connectivity index (χ3n) is 4.44. The Kier molecular flexibility index (Phi) is 4.70. The van der Waals surface area contributed by atoms with Crippen LogP contribution < -0.4 is 10.2 Å². The average molecular weight is 347 g/mol. The van der Waals surface area contributed by atoms with E-state index in [2.05, 4.69) is 42.1 Å². The molecule has 1 N–H and O–H groups in total. The van der Waals surface area contributed by atoms with Crippen molar-refractivity contribution < 1.29 is 0 Å². The van der Waals surface area contributed by atoms with E-state index in [1.54, 1.807) is 18.6 Å². The lowest BCUT2D eigenvalue weighted by molar-refractivity contribution is 0.312. The van der Waals surface area contributed by atoms with Gasteiger partial charge in [-0.3, -0.25) is 4.98 Å². The summed E-state index contributed by atoms with van der Waals surface area (Å²) in [5.41, 5.74) is 2.66. The van der Waals surface area contributed by atoms with Gasteiger partial charge >= 0.3 is 0 Å². The fourth-order valence-electron chi connectivity index (χ4n) is 2.91. The second-order valence-electron chi connectivity index (χ2n) is 6.33. The van der Waals surface area contributed by atoms with Crippen LogP contribution >= 0.6 is 0 Å². The highest BCUT2D eigenvalue weighted by Gasteiger charge is 2.15. The molecule has 132 valence electrons. The minimum absolute atomic E-state index is 0.542. The van der Waals surface area contributed by atoms with Crippen molar-refractivity contribution in [2.75, 3.05) is 43.4 Å². The summed E-state index contributed by atoms with van der Waals surface area (Å²) in [4.78, 5) is 22.2. The molecule has 0 amide bonds. The number of nitrogens with zero attached hydrogens (tertiary/aromatic N) is 6. The monoisotopic (exact) mass is 347 g/mol. The molecule has 26 heavy (non-hydrogen) atoms. The number of nitrogens with one attached hydrogen (secondary N) is 1. The Morgan fingerprint density at radius 2 is 1.81 bits per heavy atom. The van der Waals surface area contributed by atoms with Crippen LogP contribution in [0.5, 0.6) is 0 Å². The van der Waals surface area contributed by atoms with Crippen molar-refractivity contribution in [3.05, 3.63) is 55.1 Å². The molecule has 1 aliphatic heterocycles. The Hall–Kier alpha value is -3.06. The molecule has 4 heterocycles. The Bertz CT molecular complexity index is 843. The molecule has 0 aromatic carbocycles. The zero-order chi connectivity index (χ0) is 17.8. The molecule has 7 nitrogen and oxygen atoms in total. The third kappa shape index (κ3) is 3.78. The van der Waals surface area contributed by atoms with Crippen LogP contribution in [0.3, 0.4) is 0 Å². The summed E-state index contributed by atoms with van der Waals surface area (Å²) in [5, 5.41) is 3.22. The Balaban J connectivity index is 1.46. The van der Waals surface area contributed by atoms with Crippen LogP contribution in [0.4, 0.5) is 17.5 Å². The van der Waals surface area contributed by atoms with Gasteiger partial charge in [-0.25, -0.2) is 15.0 Å². The van der Waals surface area contributed by atoms with Crippen LogP contribution in [0.1, 0.15) is 0 Å². The first kappa shape index (κ1) is 16.4. The number of piperazine rings is 1. The summed E-state index contributed by atoms with van der Waals surface area (Å²) >= 11 is 0. The molecule has 0 bridgehead atoms. The molecule has 0 radical (unpaired) electrons. The lowest BCUT2D eigenvalue weighted by atomic mass is 10.2. The van der Waals surface area contributed by atoms with Crippen LogP contribution in [-0.2, 0) is 0 Å². The van der Waals surface area contributed by atoms with Gasteiger partial charge in [0.1, 0.15) is 5.82 Å². The van der Waals surface area contributed by atoms with Gasteiger partial charge in [0.25, 0.3) is 0 Å². The van der Waals surface area contributed by atoms with E-state index in [9.17, 15) is 0 Å². The first-order valence-corrected chi connectivity index (χ1v) is 8.68. The number of likely N-dealkylation sites (N-methyl/N-ethyl adjacent to an activating group) is 1. The fourth-order valence-corrected chi connectivity index (χ4v) is 2.91. The van der Waals surface area contributed by atoms with E-state index < -0.39 is 0 Å². The summed E-state index contributed by atoms with van der Waals surface area (Å²) in [7, 11) is 2.15. The second kappa shape index (κ2) is 7.45. The third-order valence-corrected chi connectivity index (χ3v) is 4.44. The van der Waals surface area contributed by atoms with Crippen LogP contribution in [0, 0.1) is 0 Å².